The second-order valence-corrected chi connectivity index (χ2v) is 56.3. The molecule has 38 heteroatoms. The molecule has 732 valence electrons. The molecule has 0 bridgehead atoms. The highest BCUT2D eigenvalue weighted by atomic mass is 127. The van der Waals surface area contributed by atoms with Crippen molar-refractivity contribution < 1.29 is 86.3 Å². The number of ether oxygens (including phenoxy) is 6. The molecule has 12 heterocycles. The number of carbonyl (C=O) groups is 6. The zero-order chi connectivity index (χ0) is 100. The maximum Gasteiger partial charge on any atom is 0.506 e. The van der Waals surface area contributed by atoms with E-state index < -0.39 is 93.9 Å². The van der Waals surface area contributed by atoms with E-state index in [4.69, 9.17) is 37.3 Å². The van der Waals surface area contributed by atoms with Crippen LogP contribution in [0.1, 0.15) is 196 Å². The van der Waals surface area contributed by atoms with Gasteiger partial charge in [-0.1, -0.05) is 73.2 Å². The number of hydrogen-bond donors (Lipinski definition) is 6. The van der Waals surface area contributed by atoms with E-state index in [9.17, 15) is 49.0 Å². The Morgan fingerprint density at radius 1 is 0.380 bits per heavy atom. The van der Waals surface area contributed by atoms with Crippen molar-refractivity contribution >= 4 is 218 Å². The van der Waals surface area contributed by atoms with Crippen molar-refractivity contribution in [1.29, 1.82) is 0 Å². The molecule has 16 rings (SSSR count). The summed E-state index contributed by atoms with van der Waals surface area (Å²) in [6.07, 6.45) is -3.32. The number of aliphatic hydroxyl groups is 2. The van der Waals surface area contributed by atoms with Crippen molar-refractivity contribution in [3.63, 3.8) is 0 Å². The molecule has 0 saturated carbocycles. The van der Waals surface area contributed by atoms with Gasteiger partial charge < -0.3 is 62.5 Å². The van der Waals surface area contributed by atoms with Gasteiger partial charge in [-0.15, -0.1) is 45.3 Å². The molecule has 0 atom stereocenters. The number of nitrogens with one attached hydrogen (secondary N) is 2. The lowest BCUT2D eigenvalue weighted by Crippen LogP contribution is -2.41. The van der Waals surface area contributed by atoms with E-state index in [2.05, 4.69) is 132 Å². The molecule has 0 saturated heterocycles. The molecule has 0 radical (unpaired) electrons. The fourth-order valence-corrected chi connectivity index (χ4v) is 19.7. The topological polar surface area (TPSA) is 370 Å². The maximum atomic E-state index is 13.6. The summed E-state index contributed by atoms with van der Waals surface area (Å²) in [5.74, 6) is 0. The van der Waals surface area contributed by atoms with Crippen LogP contribution in [0.25, 0.3) is 119 Å². The molecule has 0 amide bonds. The molecule has 4 aromatic carbocycles. The zero-order valence-electron chi connectivity index (χ0n) is 82.2. The standard InChI is InChI=1S/C30H41N3O5SSi.C24H27N3O5S.C20H32BNO5Si.C14H11N3OS.C10H11IN2O2S.CH4/c1-28(2,3)37-26(34)32-21-13-12-19(18-36-40(10,11)30(7,8)9)16-20(21)17-23(32)24-25-22(14-15-39-25)33(31-24)27(35)38-29(4,5)6;1-23(2,3)31-21(29)26-16-8-7-14(13-28)11-15(16)12-18(26)19-20-17(9-10-33-20)27(25-19)22(30)32-24(4,5)6;1-19(2,3)27-18(23)22-16-10-9-14(11-15(16)12-17(22)21(24)25)13-26-28(7,8)20(4,5)6;18-7-8-1-2-10-9(5-8)6-12(15-10)13-14-11(16-17-13)3-4-19-14;1-10(2,3)15-9(14)13-6-4-5-16-7(6)8(11)12-13;/h12-17H,18H2,1-11H3;7-12,28H,13H2,1-6H3;9-12,24-25H,13H2,1-8H3;1-6,15,18H,7H2,(H,16,17);4-5H,1-3H3;1H4. The fraction of sp³-hybridized carbons (Fsp3) is 0.414. The quantitative estimate of drug-likeness (QED) is 0.0376. The highest BCUT2D eigenvalue weighted by molar-refractivity contribution is 14.1. The molecule has 6 N–H and O–H groups in total. The largest absolute Gasteiger partial charge is 0.506 e. The number of thiophene rings is 4. The number of nitrogens with zero attached hydrogens (tertiary/aromatic N) is 10. The van der Waals surface area contributed by atoms with Crippen LogP contribution in [0.3, 0.4) is 0 Å². The van der Waals surface area contributed by atoms with Gasteiger partial charge in [0.2, 0.25) is 0 Å². The van der Waals surface area contributed by atoms with Crippen LogP contribution < -0.4 is 5.59 Å². The summed E-state index contributed by atoms with van der Waals surface area (Å²) in [4.78, 5) is 80.6. The van der Waals surface area contributed by atoms with E-state index in [1.54, 1.807) is 120 Å². The third-order valence-electron chi connectivity index (χ3n) is 21.9. The number of hydrogen-bond acceptors (Lipinski definition) is 26. The number of aromatic nitrogens is 12. The van der Waals surface area contributed by atoms with E-state index >= 15 is 0 Å². The van der Waals surface area contributed by atoms with E-state index in [1.807, 2.05) is 163 Å². The summed E-state index contributed by atoms with van der Waals surface area (Å²) in [6.45, 7) is 55.5. The Hall–Kier alpha value is -10.5. The lowest BCUT2D eigenvalue weighted by Gasteiger charge is -2.36. The lowest BCUT2D eigenvalue weighted by molar-refractivity contribution is 0.0511. The van der Waals surface area contributed by atoms with Gasteiger partial charge in [0, 0.05) is 27.1 Å². The Labute approximate surface area is 829 Å². The number of carbonyl (C=O) groups excluding carboxylic acids is 6. The van der Waals surface area contributed by atoms with Gasteiger partial charge in [-0.2, -0.15) is 34.4 Å². The summed E-state index contributed by atoms with van der Waals surface area (Å²) in [6, 6.07) is 37.7. The zero-order valence-corrected chi connectivity index (χ0v) is 89.7. The average molecular weight is 2090 g/mol. The molecule has 137 heavy (non-hydrogen) atoms. The summed E-state index contributed by atoms with van der Waals surface area (Å²) >= 11 is 8.24. The Morgan fingerprint density at radius 3 is 1.12 bits per heavy atom. The number of benzene rings is 4. The molecule has 0 unspecified atom stereocenters. The number of fused-ring (bicyclic) bond motifs is 8. The van der Waals surface area contributed by atoms with Gasteiger partial charge in [-0.25, -0.2) is 37.9 Å². The molecule has 30 nitrogen and oxygen atoms in total. The molecule has 0 aliphatic carbocycles. The first kappa shape index (κ1) is 107. The van der Waals surface area contributed by atoms with E-state index in [0.717, 1.165) is 94.2 Å². The SMILES string of the molecule is C.CC(C)(C)OC(=O)n1c(B(O)O)cc2cc(CO[Si](C)(C)C(C)(C)C)ccc21.CC(C)(C)OC(=O)n1nc(-c2cc3cc(CO)ccc3n2C(=O)OC(C)(C)C)c2sccc21.CC(C)(C)OC(=O)n1nc(-c2cc3cc(CO[Si](C)(C)C(C)(C)C)ccc3n2C(=O)OC(C)(C)C)c2sccc21.CC(C)(C)OC(=O)n1nc(I)c2sccc21.OCc1ccc2[nH]c(-c3n[nH]c4ccsc34)cc2c1. The van der Waals surface area contributed by atoms with Crippen LogP contribution in [0.15, 0.2) is 143 Å². The van der Waals surface area contributed by atoms with Gasteiger partial charge in [0.05, 0.1) is 107 Å². The maximum absolute atomic E-state index is 13.6. The Kier molecular flexibility index (Phi) is 31.8. The fourth-order valence-electron chi connectivity index (χ4n) is 13.6. The predicted molar refractivity (Wildman–Crippen MR) is 563 cm³/mol. The number of H-pyrrole nitrogens is 2. The van der Waals surface area contributed by atoms with Crippen LogP contribution >= 0.6 is 67.9 Å². The summed E-state index contributed by atoms with van der Waals surface area (Å²) in [5.41, 5.74) is 9.73. The van der Waals surface area contributed by atoms with Crippen LogP contribution in [-0.2, 0) is 63.7 Å². The van der Waals surface area contributed by atoms with Gasteiger partial charge in [0.25, 0.3) is 0 Å². The monoisotopic (exact) mass is 2090 g/mol. The highest BCUT2D eigenvalue weighted by Gasteiger charge is 2.40. The Morgan fingerprint density at radius 2 is 0.715 bits per heavy atom. The summed E-state index contributed by atoms with van der Waals surface area (Å²) in [5, 5.41) is 70.4. The van der Waals surface area contributed by atoms with Crippen LogP contribution in [-0.4, -0.2) is 172 Å². The summed E-state index contributed by atoms with van der Waals surface area (Å²) in [7, 11) is -5.61. The van der Waals surface area contributed by atoms with Crippen LogP contribution in [0.2, 0.25) is 36.3 Å². The Bertz CT molecular complexity index is 7110. The molecule has 0 aliphatic rings. The van der Waals surface area contributed by atoms with Crippen molar-refractivity contribution in [1.82, 2.24) is 58.2 Å². The van der Waals surface area contributed by atoms with Gasteiger partial charge >= 0.3 is 43.7 Å². The van der Waals surface area contributed by atoms with Gasteiger partial charge in [-0.05, 0) is 324 Å². The second-order valence-electron chi connectivity index (χ2n) is 42.0. The number of aromatic amines is 2. The molecule has 12 aromatic heterocycles. The number of aliphatic hydroxyl groups excluding tert-OH is 2. The van der Waals surface area contributed by atoms with Crippen molar-refractivity contribution in [3.8, 4) is 34.2 Å². The van der Waals surface area contributed by atoms with Gasteiger partial charge in [0.15, 0.2) is 16.6 Å². The van der Waals surface area contributed by atoms with Crippen LogP contribution in [0, 0.1) is 3.70 Å². The first-order chi connectivity index (χ1) is 63.0. The molecule has 0 aliphatic heterocycles. The van der Waals surface area contributed by atoms with Crippen molar-refractivity contribution in [2.75, 3.05) is 0 Å². The predicted octanol–water partition coefficient (Wildman–Crippen LogP) is 25.6. The molecule has 0 fully saturated rings. The summed E-state index contributed by atoms with van der Waals surface area (Å²) < 4.78 is 58.6. The number of halogens is 1. The second kappa shape index (κ2) is 40.8. The van der Waals surface area contributed by atoms with Crippen LogP contribution in [0.4, 0.5) is 28.8 Å². The van der Waals surface area contributed by atoms with Gasteiger partial charge in [0.1, 0.15) is 54.4 Å². The normalized spacial score (nSPS) is 12.6. The lowest BCUT2D eigenvalue weighted by atomic mass is 9.86. The molecular weight excluding hydrogens is 1970 g/mol. The van der Waals surface area contributed by atoms with Crippen molar-refractivity contribution in [2.45, 2.75) is 270 Å². The van der Waals surface area contributed by atoms with E-state index in [0.29, 0.717) is 63.6 Å². The van der Waals surface area contributed by atoms with Crippen molar-refractivity contribution in [3.05, 3.63) is 169 Å². The third-order valence-corrected chi connectivity index (χ3v) is 35.6. The third kappa shape index (κ3) is 25.4. The van der Waals surface area contributed by atoms with Crippen molar-refractivity contribution in [2.24, 2.45) is 0 Å². The first-order valence-corrected chi connectivity index (χ1v) is 54.7. The molecule has 16 aromatic rings. The smallest absolute Gasteiger partial charge is 0.443 e. The minimum absolute atomic E-state index is 0. The molecule has 0 spiro atoms. The first-order valence-electron chi connectivity index (χ1n) is 44.3. The highest BCUT2D eigenvalue weighted by Crippen LogP contribution is 2.43. The van der Waals surface area contributed by atoms with Gasteiger partial charge in [-0.3, -0.25) is 9.67 Å². The Balaban J connectivity index is 0.000000169. The molecular formula is C99H126BIN12O18S4Si2. The van der Waals surface area contributed by atoms with E-state index in [1.165, 1.54) is 45.9 Å². The number of rotatable bonds is 12. The minimum Gasteiger partial charge on any atom is -0.443 e. The average Bonchev–Trinajstić information content (AvgIpc) is 1.48. The van der Waals surface area contributed by atoms with Crippen LogP contribution in [0.5, 0.6) is 0 Å². The van der Waals surface area contributed by atoms with E-state index in [-0.39, 0.29) is 36.3 Å². The minimum atomic E-state index is -1.94.